The van der Waals surface area contributed by atoms with Crippen molar-refractivity contribution < 1.29 is 0 Å². The quantitative estimate of drug-likeness (QED) is 0.888. The van der Waals surface area contributed by atoms with Crippen molar-refractivity contribution >= 4 is 0 Å². The van der Waals surface area contributed by atoms with Crippen LogP contribution >= 0.6 is 0 Å². The summed E-state index contributed by atoms with van der Waals surface area (Å²) in [7, 11) is 0. The van der Waals surface area contributed by atoms with Gasteiger partial charge in [0.2, 0.25) is 0 Å². The number of aryl methyl sites for hydroxylation is 4. The first-order chi connectivity index (χ1) is 10.0. The van der Waals surface area contributed by atoms with E-state index in [2.05, 4.69) is 69.2 Å². The van der Waals surface area contributed by atoms with E-state index in [9.17, 15) is 0 Å². The standard InChI is InChI=1S/C19H26N2/c1-6-20-19(17-7-8-21-16(5)11-17)12-18-14(3)9-13(2)10-15(18)4/h7-11,19-20H,6,12H2,1-5H3. The Hall–Kier alpha value is -1.67. The van der Waals surface area contributed by atoms with E-state index in [-0.39, 0.29) is 0 Å². The lowest BCUT2D eigenvalue weighted by molar-refractivity contribution is 0.546. The van der Waals surface area contributed by atoms with Gasteiger partial charge < -0.3 is 5.32 Å². The summed E-state index contributed by atoms with van der Waals surface area (Å²) in [5.41, 5.74) is 7.98. The summed E-state index contributed by atoms with van der Waals surface area (Å²) >= 11 is 0. The normalized spacial score (nSPS) is 12.4. The van der Waals surface area contributed by atoms with Gasteiger partial charge in [0.05, 0.1) is 0 Å². The maximum atomic E-state index is 4.31. The summed E-state index contributed by atoms with van der Waals surface area (Å²) < 4.78 is 0. The first-order valence-electron chi connectivity index (χ1n) is 7.74. The fraction of sp³-hybridized carbons (Fsp3) is 0.421. The van der Waals surface area contributed by atoms with E-state index >= 15 is 0 Å². The molecule has 112 valence electrons. The minimum Gasteiger partial charge on any atom is -0.310 e. The van der Waals surface area contributed by atoms with E-state index in [1.807, 2.05) is 6.20 Å². The van der Waals surface area contributed by atoms with Gasteiger partial charge in [0, 0.05) is 17.9 Å². The molecule has 0 aliphatic heterocycles. The highest BCUT2D eigenvalue weighted by atomic mass is 14.9. The maximum absolute atomic E-state index is 4.31. The van der Waals surface area contributed by atoms with E-state index in [1.165, 1.54) is 27.8 Å². The lowest BCUT2D eigenvalue weighted by atomic mass is 9.91. The van der Waals surface area contributed by atoms with Crippen LogP contribution in [0.4, 0.5) is 0 Å². The SMILES string of the molecule is CCNC(Cc1c(C)cc(C)cc1C)c1ccnc(C)c1. The van der Waals surface area contributed by atoms with Gasteiger partial charge in [-0.3, -0.25) is 4.98 Å². The van der Waals surface area contributed by atoms with E-state index in [4.69, 9.17) is 0 Å². The smallest absolute Gasteiger partial charge is 0.0375 e. The molecule has 0 amide bonds. The summed E-state index contributed by atoms with van der Waals surface area (Å²) in [5.74, 6) is 0. The number of nitrogens with zero attached hydrogens (tertiary/aromatic N) is 1. The molecule has 1 heterocycles. The molecular formula is C19H26N2. The molecule has 1 unspecified atom stereocenters. The van der Waals surface area contributed by atoms with Crippen molar-refractivity contribution in [2.24, 2.45) is 0 Å². The molecule has 1 aromatic carbocycles. The van der Waals surface area contributed by atoms with E-state index in [0.29, 0.717) is 6.04 Å². The van der Waals surface area contributed by atoms with Crippen molar-refractivity contribution in [3.05, 3.63) is 64.0 Å². The van der Waals surface area contributed by atoms with Crippen molar-refractivity contribution in [1.29, 1.82) is 0 Å². The molecule has 0 aliphatic carbocycles. The average molecular weight is 282 g/mol. The number of likely N-dealkylation sites (N-methyl/N-ethyl adjacent to an activating group) is 1. The summed E-state index contributed by atoms with van der Waals surface area (Å²) in [5, 5.41) is 3.62. The highest BCUT2D eigenvalue weighted by Crippen LogP contribution is 2.24. The predicted molar refractivity (Wildman–Crippen MR) is 89.7 cm³/mol. The van der Waals surface area contributed by atoms with Gasteiger partial charge >= 0.3 is 0 Å². The molecule has 21 heavy (non-hydrogen) atoms. The number of pyridine rings is 1. The minimum absolute atomic E-state index is 0.344. The van der Waals surface area contributed by atoms with Gasteiger partial charge in [0.15, 0.2) is 0 Å². The summed E-state index contributed by atoms with van der Waals surface area (Å²) in [4.78, 5) is 4.31. The van der Waals surface area contributed by atoms with Gasteiger partial charge in [-0.25, -0.2) is 0 Å². The number of benzene rings is 1. The molecule has 2 nitrogen and oxygen atoms in total. The van der Waals surface area contributed by atoms with Gasteiger partial charge in [-0.1, -0.05) is 24.6 Å². The van der Waals surface area contributed by atoms with Gasteiger partial charge in [0.25, 0.3) is 0 Å². The molecule has 0 aliphatic rings. The van der Waals surface area contributed by atoms with Crippen LogP contribution in [0.15, 0.2) is 30.5 Å². The van der Waals surface area contributed by atoms with E-state index in [0.717, 1.165) is 18.7 Å². The molecule has 0 saturated carbocycles. The molecule has 2 heteroatoms. The van der Waals surface area contributed by atoms with Crippen LogP contribution in [0.25, 0.3) is 0 Å². The van der Waals surface area contributed by atoms with Crippen LogP contribution < -0.4 is 5.32 Å². The van der Waals surface area contributed by atoms with Crippen LogP contribution in [0.1, 0.15) is 46.5 Å². The molecule has 1 aromatic heterocycles. The summed E-state index contributed by atoms with van der Waals surface area (Å²) in [6, 6.07) is 9.22. The Bertz CT molecular complexity index is 594. The molecule has 0 radical (unpaired) electrons. The highest BCUT2D eigenvalue weighted by molar-refractivity contribution is 5.39. The third-order valence-corrected chi connectivity index (χ3v) is 4.02. The molecular weight excluding hydrogens is 256 g/mol. The second kappa shape index (κ2) is 6.86. The number of hydrogen-bond donors (Lipinski definition) is 1. The molecule has 2 aromatic rings. The molecule has 1 N–H and O–H groups in total. The Kier molecular flexibility index (Phi) is 5.13. The van der Waals surface area contributed by atoms with Crippen LogP contribution in [0, 0.1) is 27.7 Å². The van der Waals surface area contributed by atoms with Crippen molar-refractivity contribution in [1.82, 2.24) is 10.3 Å². The van der Waals surface area contributed by atoms with E-state index in [1.54, 1.807) is 0 Å². The largest absolute Gasteiger partial charge is 0.310 e. The Balaban J connectivity index is 2.33. The topological polar surface area (TPSA) is 24.9 Å². The fourth-order valence-corrected chi connectivity index (χ4v) is 3.07. The van der Waals surface area contributed by atoms with E-state index < -0.39 is 0 Å². The fourth-order valence-electron chi connectivity index (χ4n) is 3.07. The predicted octanol–water partition coefficient (Wildman–Crippen LogP) is 4.21. The van der Waals surface area contributed by atoms with Crippen LogP contribution in [0.5, 0.6) is 0 Å². The second-order valence-corrected chi connectivity index (χ2v) is 5.92. The Morgan fingerprint density at radius 2 is 1.71 bits per heavy atom. The molecule has 1 atom stereocenters. The minimum atomic E-state index is 0.344. The second-order valence-electron chi connectivity index (χ2n) is 5.92. The van der Waals surface area contributed by atoms with Crippen molar-refractivity contribution in [2.75, 3.05) is 6.54 Å². The number of aromatic nitrogens is 1. The Labute approximate surface area is 128 Å². The molecule has 0 spiro atoms. The number of rotatable bonds is 5. The average Bonchev–Trinajstić information content (AvgIpc) is 2.41. The molecule has 0 saturated heterocycles. The van der Waals surface area contributed by atoms with Crippen LogP contribution in [0.3, 0.4) is 0 Å². The molecule has 0 bridgehead atoms. The lowest BCUT2D eigenvalue weighted by Gasteiger charge is -2.21. The summed E-state index contributed by atoms with van der Waals surface area (Å²) in [6.07, 6.45) is 2.93. The Morgan fingerprint density at radius 3 is 2.29 bits per heavy atom. The summed E-state index contributed by atoms with van der Waals surface area (Å²) in [6.45, 7) is 11.8. The Morgan fingerprint density at radius 1 is 1.05 bits per heavy atom. The van der Waals surface area contributed by atoms with Crippen LogP contribution in [-0.4, -0.2) is 11.5 Å². The van der Waals surface area contributed by atoms with Crippen LogP contribution in [-0.2, 0) is 6.42 Å². The maximum Gasteiger partial charge on any atom is 0.0375 e. The van der Waals surface area contributed by atoms with Crippen molar-refractivity contribution in [3.63, 3.8) is 0 Å². The highest BCUT2D eigenvalue weighted by Gasteiger charge is 2.14. The molecule has 2 rings (SSSR count). The third kappa shape index (κ3) is 3.92. The van der Waals surface area contributed by atoms with Crippen molar-refractivity contribution in [2.45, 2.75) is 47.1 Å². The van der Waals surface area contributed by atoms with Gasteiger partial charge in [-0.05, 0) is 75.0 Å². The zero-order valence-electron chi connectivity index (χ0n) is 13.8. The van der Waals surface area contributed by atoms with Gasteiger partial charge in [0.1, 0.15) is 0 Å². The molecule has 0 fully saturated rings. The van der Waals surface area contributed by atoms with Gasteiger partial charge in [-0.15, -0.1) is 0 Å². The first-order valence-corrected chi connectivity index (χ1v) is 7.74. The van der Waals surface area contributed by atoms with Gasteiger partial charge in [-0.2, -0.15) is 0 Å². The van der Waals surface area contributed by atoms with Crippen LogP contribution in [0.2, 0.25) is 0 Å². The zero-order valence-corrected chi connectivity index (χ0v) is 13.8. The number of hydrogen-bond acceptors (Lipinski definition) is 2. The first kappa shape index (κ1) is 15.7. The monoisotopic (exact) mass is 282 g/mol. The van der Waals surface area contributed by atoms with Crippen molar-refractivity contribution in [3.8, 4) is 0 Å². The third-order valence-electron chi connectivity index (χ3n) is 4.02. The zero-order chi connectivity index (χ0) is 15.4. The lowest BCUT2D eigenvalue weighted by Crippen LogP contribution is -2.23. The number of nitrogens with one attached hydrogen (secondary N) is 1.